The molecule has 1 rings (SSSR count). The molecule has 0 bridgehead atoms. The van der Waals surface area contributed by atoms with Crippen LogP contribution >= 0.6 is 24.0 Å². The lowest BCUT2D eigenvalue weighted by atomic mass is 10.1. The van der Waals surface area contributed by atoms with Gasteiger partial charge in [-0.2, -0.15) is 0 Å². The maximum absolute atomic E-state index is 11.8. The molecule has 0 unspecified atom stereocenters. The van der Waals surface area contributed by atoms with Crippen molar-refractivity contribution in [3.8, 4) is 5.75 Å². The molecule has 0 saturated carbocycles. The highest BCUT2D eigenvalue weighted by Gasteiger charge is 2.17. The minimum atomic E-state index is -0.631. The van der Waals surface area contributed by atoms with Gasteiger partial charge in [-0.15, -0.1) is 12.4 Å². The molecule has 0 spiro atoms. The molecular weight excluding hydrogens is 329 g/mol. The van der Waals surface area contributed by atoms with Crippen LogP contribution in [-0.2, 0) is 9.59 Å². The van der Waals surface area contributed by atoms with Gasteiger partial charge >= 0.3 is 0 Å². The zero-order valence-electron chi connectivity index (χ0n) is 12.7. The molecule has 1 aromatic carbocycles. The third-order valence-corrected chi connectivity index (χ3v) is 3.19. The third kappa shape index (κ3) is 6.09. The summed E-state index contributed by atoms with van der Waals surface area (Å²) in [5, 5.41) is 5.58. The average Bonchev–Trinajstić information content (AvgIpc) is 2.45. The van der Waals surface area contributed by atoms with Gasteiger partial charge in [0.15, 0.2) is 0 Å². The summed E-state index contributed by atoms with van der Waals surface area (Å²) in [5.41, 5.74) is 6.21. The van der Waals surface area contributed by atoms with E-state index in [1.165, 1.54) is 7.11 Å². The van der Waals surface area contributed by atoms with Crippen molar-refractivity contribution in [3.63, 3.8) is 0 Å². The Hall–Kier alpha value is -1.50. The van der Waals surface area contributed by atoms with E-state index in [4.69, 9.17) is 22.1 Å². The van der Waals surface area contributed by atoms with Crippen molar-refractivity contribution >= 4 is 41.5 Å². The van der Waals surface area contributed by atoms with Crippen LogP contribution in [0.1, 0.15) is 13.8 Å². The van der Waals surface area contributed by atoms with Crippen molar-refractivity contribution in [2.24, 2.45) is 11.7 Å². The van der Waals surface area contributed by atoms with E-state index in [2.05, 4.69) is 10.6 Å². The van der Waals surface area contributed by atoms with Crippen LogP contribution in [0.3, 0.4) is 0 Å². The molecule has 2 amide bonds. The molecule has 22 heavy (non-hydrogen) atoms. The molecule has 0 aliphatic heterocycles. The minimum Gasteiger partial charge on any atom is -0.495 e. The Morgan fingerprint density at radius 1 is 1.36 bits per heavy atom. The Kier molecular flexibility index (Phi) is 8.86. The number of benzene rings is 1. The third-order valence-electron chi connectivity index (χ3n) is 2.88. The molecule has 6 nitrogen and oxygen atoms in total. The average molecular weight is 350 g/mol. The summed E-state index contributed by atoms with van der Waals surface area (Å²) >= 11 is 5.89. The molecule has 124 valence electrons. The lowest BCUT2D eigenvalue weighted by Gasteiger charge is -2.15. The molecule has 0 heterocycles. The van der Waals surface area contributed by atoms with Crippen molar-refractivity contribution in [2.75, 3.05) is 19.0 Å². The van der Waals surface area contributed by atoms with Gasteiger partial charge in [-0.25, -0.2) is 0 Å². The summed E-state index contributed by atoms with van der Waals surface area (Å²) in [4.78, 5) is 23.4. The van der Waals surface area contributed by atoms with Crippen molar-refractivity contribution < 1.29 is 14.3 Å². The fourth-order valence-corrected chi connectivity index (χ4v) is 1.73. The monoisotopic (exact) mass is 349 g/mol. The zero-order valence-corrected chi connectivity index (χ0v) is 14.3. The van der Waals surface area contributed by atoms with Crippen molar-refractivity contribution in [1.29, 1.82) is 0 Å². The first kappa shape index (κ1) is 20.5. The van der Waals surface area contributed by atoms with E-state index in [9.17, 15) is 9.59 Å². The van der Waals surface area contributed by atoms with Gasteiger partial charge in [-0.05, 0) is 18.1 Å². The molecule has 4 N–H and O–H groups in total. The largest absolute Gasteiger partial charge is 0.495 e. The second-order valence-electron chi connectivity index (χ2n) is 4.89. The maximum atomic E-state index is 11.8. The molecule has 8 heteroatoms. The highest BCUT2D eigenvalue weighted by Crippen LogP contribution is 2.27. The second kappa shape index (κ2) is 9.50. The fraction of sp³-hybridized carbons (Fsp3) is 0.429. The Labute approximate surface area is 141 Å². The van der Waals surface area contributed by atoms with E-state index in [1.54, 1.807) is 18.2 Å². The first-order chi connectivity index (χ1) is 9.85. The molecule has 0 saturated heterocycles. The van der Waals surface area contributed by atoms with Crippen LogP contribution in [0.15, 0.2) is 18.2 Å². The van der Waals surface area contributed by atoms with Gasteiger partial charge in [-0.3, -0.25) is 9.59 Å². The Morgan fingerprint density at radius 3 is 2.55 bits per heavy atom. The molecule has 0 aromatic heterocycles. The molecule has 0 aliphatic carbocycles. The number of nitrogens with one attached hydrogen (secondary N) is 2. The Bertz CT molecular complexity index is 524. The molecule has 0 radical (unpaired) electrons. The number of carbonyl (C=O) groups excluding carboxylic acids is 2. The minimum absolute atomic E-state index is 0. The van der Waals surface area contributed by atoms with Crippen LogP contribution in [0.5, 0.6) is 5.75 Å². The summed E-state index contributed by atoms with van der Waals surface area (Å²) in [7, 11) is 1.49. The predicted octanol–water partition coefficient (Wildman–Crippen LogP) is 1.81. The van der Waals surface area contributed by atoms with E-state index in [1.807, 2.05) is 13.8 Å². The van der Waals surface area contributed by atoms with Crippen LogP contribution in [0.25, 0.3) is 0 Å². The quantitative estimate of drug-likeness (QED) is 0.729. The van der Waals surface area contributed by atoms with E-state index in [-0.39, 0.29) is 36.7 Å². The SMILES string of the molecule is COc1cc(NC(=O)CNC(=O)[C@@H](N)C(C)C)ccc1Cl.Cl. The number of hydrogen-bond donors (Lipinski definition) is 3. The summed E-state index contributed by atoms with van der Waals surface area (Å²) in [6.07, 6.45) is 0. The van der Waals surface area contributed by atoms with E-state index in [0.717, 1.165) is 0 Å². The number of hydrogen-bond acceptors (Lipinski definition) is 4. The molecule has 0 aliphatic rings. The normalized spacial score (nSPS) is 11.4. The molecule has 1 atom stereocenters. The Balaban J connectivity index is 0.00000441. The van der Waals surface area contributed by atoms with Gasteiger partial charge < -0.3 is 21.1 Å². The highest BCUT2D eigenvalue weighted by atomic mass is 35.5. The van der Waals surface area contributed by atoms with E-state index >= 15 is 0 Å². The summed E-state index contributed by atoms with van der Waals surface area (Å²) < 4.78 is 5.05. The fourth-order valence-electron chi connectivity index (χ4n) is 1.53. The van der Waals surface area contributed by atoms with Gasteiger partial charge in [0.25, 0.3) is 0 Å². The highest BCUT2D eigenvalue weighted by molar-refractivity contribution is 6.32. The van der Waals surface area contributed by atoms with Gasteiger partial charge in [0.05, 0.1) is 24.7 Å². The van der Waals surface area contributed by atoms with Gasteiger partial charge in [0.1, 0.15) is 5.75 Å². The number of ether oxygens (including phenoxy) is 1. The number of amides is 2. The van der Waals surface area contributed by atoms with Gasteiger partial charge in [0.2, 0.25) is 11.8 Å². The molecule has 1 aromatic rings. The Morgan fingerprint density at radius 2 is 2.00 bits per heavy atom. The standard InChI is InChI=1S/C14H20ClN3O3.ClH/c1-8(2)13(16)14(20)17-7-12(19)18-9-4-5-10(15)11(6-9)21-3;/h4-6,8,13H,7,16H2,1-3H3,(H,17,20)(H,18,19);1H/t13-;/m0./s1. The van der Waals surface area contributed by atoms with E-state index < -0.39 is 6.04 Å². The topological polar surface area (TPSA) is 93.5 Å². The smallest absolute Gasteiger partial charge is 0.243 e. The maximum Gasteiger partial charge on any atom is 0.243 e. The predicted molar refractivity (Wildman–Crippen MR) is 89.7 cm³/mol. The van der Waals surface area contributed by atoms with Gasteiger partial charge in [-0.1, -0.05) is 25.4 Å². The second-order valence-corrected chi connectivity index (χ2v) is 5.29. The first-order valence-electron chi connectivity index (χ1n) is 6.51. The van der Waals surface area contributed by atoms with Crippen LogP contribution in [0.2, 0.25) is 5.02 Å². The van der Waals surface area contributed by atoms with E-state index in [0.29, 0.717) is 16.5 Å². The van der Waals surface area contributed by atoms with Crippen molar-refractivity contribution in [1.82, 2.24) is 5.32 Å². The first-order valence-corrected chi connectivity index (χ1v) is 6.89. The number of methoxy groups -OCH3 is 1. The number of halogens is 2. The van der Waals surface area contributed by atoms with Gasteiger partial charge in [0, 0.05) is 11.8 Å². The van der Waals surface area contributed by atoms with Crippen LogP contribution in [0.4, 0.5) is 5.69 Å². The van der Waals surface area contributed by atoms with Crippen molar-refractivity contribution in [3.05, 3.63) is 23.2 Å². The molecular formula is C14H21Cl2N3O3. The number of carbonyl (C=O) groups is 2. The summed E-state index contributed by atoms with van der Waals surface area (Å²) in [5.74, 6) is -0.244. The van der Waals surface area contributed by atoms with Crippen molar-refractivity contribution in [2.45, 2.75) is 19.9 Å². The lowest BCUT2D eigenvalue weighted by Crippen LogP contribution is -2.46. The number of nitrogens with two attached hydrogens (primary N) is 1. The summed E-state index contributed by atoms with van der Waals surface area (Å²) in [6.45, 7) is 3.53. The number of rotatable bonds is 6. The van der Waals surface area contributed by atoms with Crippen LogP contribution < -0.4 is 21.1 Å². The number of anilines is 1. The molecule has 0 fully saturated rings. The van der Waals surface area contributed by atoms with Crippen LogP contribution in [0, 0.1) is 5.92 Å². The summed E-state index contributed by atoms with van der Waals surface area (Å²) in [6, 6.07) is 4.23. The lowest BCUT2D eigenvalue weighted by molar-refractivity contribution is -0.125. The van der Waals surface area contributed by atoms with Crippen LogP contribution in [-0.4, -0.2) is 31.5 Å². The zero-order chi connectivity index (χ0) is 16.0.